The molecule has 4 nitrogen and oxygen atoms in total. The van der Waals surface area contributed by atoms with Crippen LogP contribution in [0.25, 0.3) is 11.0 Å². The Bertz CT molecular complexity index is 708. The molecule has 3 rings (SSSR count). The summed E-state index contributed by atoms with van der Waals surface area (Å²) in [4.78, 5) is 12.6. The van der Waals surface area contributed by atoms with Crippen LogP contribution < -0.4 is 5.32 Å². The average Bonchev–Trinajstić information content (AvgIpc) is 3.02. The van der Waals surface area contributed by atoms with Gasteiger partial charge in [-0.3, -0.25) is 4.79 Å². The lowest BCUT2D eigenvalue weighted by Gasteiger charge is -2.06. The van der Waals surface area contributed by atoms with Gasteiger partial charge >= 0.3 is 0 Å². The van der Waals surface area contributed by atoms with E-state index in [1.807, 2.05) is 11.4 Å². The van der Waals surface area contributed by atoms with E-state index in [9.17, 15) is 4.79 Å². The van der Waals surface area contributed by atoms with Gasteiger partial charge < -0.3 is 5.32 Å². The number of amides is 1. The van der Waals surface area contributed by atoms with Crippen molar-refractivity contribution in [1.29, 1.82) is 0 Å². The molecule has 0 fully saturated rings. The summed E-state index contributed by atoms with van der Waals surface area (Å²) in [6.07, 6.45) is 0. The molecule has 0 aliphatic carbocycles. The summed E-state index contributed by atoms with van der Waals surface area (Å²) >= 11 is 8.56. The van der Waals surface area contributed by atoms with Crippen molar-refractivity contribution in [2.45, 2.75) is 0 Å². The van der Waals surface area contributed by atoms with Gasteiger partial charge in [0.2, 0.25) is 0 Å². The fourth-order valence-electron chi connectivity index (χ4n) is 1.53. The van der Waals surface area contributed by atoms with Crippen LogP contribution in [0.1, 0.15) is 9.67 Å². The number of benzene rings is 1. The zero-order chi connectivity index (χ0) is 12.5. The lowest BCUT2D eigenvalue weighted by Crippen LogP contribution is -2.10. The zero-order valence-corrected chi connectivity index (χ0v) is 11.3. The molecule has 3 aromatic rings. The van der Waals surface area contributed by atoms with Crippen LogP contribution in [0.2, 0.25) is 5.02 Å². The molecule has 0 aliphatic rings. The molecule has 2 aromatic heterocycles. The predicted molar refractivity (Wildman–Crippen MR) is 74.7 cm³/mol. The third-order valence-corrected chi connectivity index (χ3v) is 4.09. The second kappa shape index (κ2) is 4.64. The SMILES string of the molecule is O=C(Nc1c(Cl)ccc2nsnc12)c1cccs1. The van der Waals surface area contributed by atoms with E-state index in [0.29, 0.717) is 21.1 Å². The van der Waals surface area contributed by atoms with Crippen molar-refractivity contribution in [3.63, 3.8) is 0 Å². The summed E-state index contributed by atoms with van der Waals surface area (Å²) in [6, 6.07) is 7.07. The van der Waals surface area contributed by atoms with Crippen LogP contribution in [0.3, 0.4) is 0 Å². The van der Waals surface area contributed by atoms with Gasteiger partial charge in [-0.05, 0) is 23.6 Å². The minimum absolute atomic E-state index is 0.188. The Hall–Kier alpha value is -1.50. The Balaban J connectivity index is 2.02. The number of hydrogen-bond acceptors (Lipinski definition) is 5. The largest absolute Gasteiger partial charge is 0.318 e. The maximum Gasteiger partial charge on any atom is 0.265 e. The van der Waals surface area contributed by atoms with E-state index in [-0.39, 0.29) is 5.91 Å². The van der Waals surface area contributed by atoms with Crippen molar-refractivity contribution in [2.24, 2.45) is 0 Å². The van der Waals surface area contributed by atoms with Gasteiger partial charge in [0.05, 0.1) is 27.3 Å². The van der Waals surface area contributed by atoms with E-state index in [1.54, 1.807) is 18.2 Å². The van der Waals surface area contributed by atoms with Crippen LogP contribution in [-0.4, -0.2) is 14.7 Å². The van der Waals surface area contributed by atoms with Crippen molar-refractivity contribution < 1.29 is 4.79 Å². The van der Waals surface area contributed by atoms with Crippen LogP contribution in [0.4, 0.5) is 5.69 Å². The second-order valence-corrected chi connectivity index (χ2v) is 5.37. The molecule has 0 unspecified atom stereocenters. The molecule has 0 spiro atoms. The maximum absolute atomic E-state index is 12.0. The van der Waals surface area contributed by atoms with E-state index in [2.05, 4.69) is 14.1 Å². The molecule has 0 saturated carbocycles. The fourth-order valence-corrected chi connectivity index (χ4v) is 2.89. The highest BCUT2D eigenvalue weighted by Gasteiger charge is 2.14. The summed E-state index contributed by atoms with van der Waals surface area (Å²) in [5.41, 5.74) is 1.87. The van der Waals surface area contributed by atoms with Gasteiger partial charge in [0.15, 0.2) is 0 Å². The molecule has 18 heavy (non-hydrogen) atoms. The molecule has 0 bridgehead atoms. The predicted octanol–water partition coefficient (Wildman–Crippen LogP) is 3.66. The second-order valence-electron chi connectivity index (χ2n) is 3.49. The first kappa shape index (κ1) is 11.6. The van der Waals surface area contributed by atoms with Gasteiger partial charge in [-0.1, -0.05) is 17.7 Å². The maximum atomic E-state index is 12.0. The monoisotopic (exact) mass is 295 g/mol. The Kier molecular flexibility index (Phi) is 2.99. The summed E-state index contributed by atoms with van der Waals surface area (Å²) in [7, 11) is 0. The van der Waals surface area contributed by atoms with E-state index in [4.69, 9.17) is 11.6 Å². The quantitative estimate of drug-likeness (QED) is 0.785. The normalized spacial score (nSPS) is 10.7. The molecular weight excluding hydrogens is 290 g/mol. The first-order chi connectivity index (χ1) is 8.75. The topological polar surface area (TPSA) is 54.9 Å². The van der Waals surface area contributed by atoms with Gasteiger partial charge in [-0.15, -0.1) is 11.3 Å². The van der Waals surface area contributed by atoms with Crippen LogP contribution in [0.5, 0.6) is 0 Å². The standard InChI is InChI=1S/C11H6ClN3OS2/c12-6-3-4-7-10(15-18-14-7)9(6)13-11(16)8-2-1-5-17-8/h1-5H,(H,13,16). The number of rotatable bonds is 2. The minimum Gasteiger partial charge on any atom is -0.318 e. The van der Waals surface area contributed by atoms with Crippen LogP contribution >= 0.6 is 34.7 Å². The molecule has 0 saturated heterocycles. The van der Waals surface area contributed by atoms with Crippen LogP contribution in [0.15, 0.2) is 29.6 Å². The number of nitrogens with zero attached hydrogens (tertiary/aromatic N) is 2. The van der Waals surface area contributed by atoms with E-state index < -0.39 is 0 Å². The van der Waals surface area contributed by atoms with Crippen LogP contribution in [0, 0.1) is 0 Å². The average molecular weight is 296 g/mol. The molecule has 1 N–H and O–H groups in total. The smallest absolute Gasteiger partial charge is 0.265 e. The van der Waals surface area contributed by atoms with E-state index in [0.717, 1.165) is 17.2 Å². The number of anilines is 1. The van der Waals surface area contributed by atoms with Gasteiger partial charge in [-0.25, -0.2) is 0 Å². The highest BCUT2D eigenvalue weighted by Crippen LogP contribution is 2.30. The summed E-state index contributed by atoms with van der Waals surface area (Å²) < 4.78 is 8.26. The molecule has 90 valence electrons. The molecule has 7 heteroatoms. The van der Waals surface area contributed by atoms with Gasteiger partial charge in [-0.2, -0.15) is 8.75 Å². The van der Waals surface area contributed by atoms with Gasteiger partial charge in [0.1, 0.15) is 11.0 Å². The van der Waals surface area contributed by atoms with Crippen molar-refractivity contribution in [1.82, 2.24) is 8.75 Å². The molecule has 2 heterocycles. The number of halogens is 1. The zero-order valence-electron chi connectivity index (χ0n) is 8.88. The van der Waals surface area contributed by atoms with Crippen molar-refractivity contribution in [2.75, 3.05) is 5.32 Å². The molecule has 0 atom stereocenters. The molecular formula is C11H6ClN3OS2. The number of aromatic nitrogens is 2. The van der Waals surface area contributed by atoms with Crippen molar-refractivity contribution in [3.05, 3.63) is 39.5 Å². The lowest BCUT2D eigenvalue weighted by atomic mass is 10.2. The Morgan fingerprint density at radius 2 is 2.17 bits per heavy atom. The van der Waals surface area contributed by atoms with E-state index >= 15 is 0 Å². The van der Waals surface area contributed by atoms with E-state index in [1.165, 1.54) is 11.3 Å². The number of carbonyl (C=O) groups excluding carboxylic acids is 1. The third kappa shape index (κ3) is 1.98. The Morgan fingerprint density at radius 1 is 1.28 bits per heavy atom. The first-order valence-electron chi connectivity index (χ1n) is 5.01. The number of fused-ring (bicyclic) bond motifs is 1. The summed E-state index contributed by atoms with van der Waals surface area (Å²) in [6.45, 7) is 0. The fraction of sp³-hybridized carbons (Fsp3) is 0. The van der Waals surface area contributed by atoms with Gasteiger partial charge in [0, 0.05) is 0 Å². The highest BCUT2D eigenvalue weighted by molar-refractivity contribution is 7.12. The first-order valence-corrected chi connectivity index (χ1v) is 7.00. The number of carbonyl (C=O) groups is 1. The van der Waals surface area contributed by atoms with Crippen molar-refractivity contribution >= 4 is 57.3 Å². The third-order valence-electron chi connectivity index (χ3n) is 2.36. The van der Waals surface area contributed by atoms with Crippen molar-refractivity contribution in [3.8, 4) is 0 Å². The Labute approximate surface area is 116 Å². The number of nitrogens with one attached hydrogen (secondary N) is 1. The van der Waals surface area contributed by atoms with Gasteiger partial charge in [0.25, 0.3) is 5.91 Å². The minimum atomic E-state index is -0.188. The summed E-state index contributed by atoms with van der Waals surface area (Å²) in [5.74, 6) is -0.188. The molecule has 0 radical (unpaired) electrons. The van der Waals surface area contributed by atoms with Crippen LogP contribution in [-0.2, 0) is 0 Å². The number of hydrogen-bond donors (Lipinski definition) is 1. The number of thiophene rings is 1. The molecule has 1 amide bonds. The summed E-state index contributed by atoms with van der Waals surface area (Å²) in [5, 5.41) is 5.09. The Morgan fingerprint density at radius 3 is 2.94 bits per heavy atom. The molecule has 0 aliphatic heterocycles. The highest BCUT2D eigenvalue weighted by atomic mass is 35.5. The lowest BCUT2D eigenvalue weighted by molar-refractivity contribution is 0.103. The molecule has 1 aromatic carbocycles.